The van der Waals surface area contributed by atoms with Gasteiger partial charge in [0.1, 0.15) is 0 Å². The first-order chi connectivity index (χ1) is 4.74. The molecule has 0 aliphatic carbocycles. The average molecular weight is 160 g/mol. The number of carboxylic acids is 1. The number of nitrogens with zero attached hydrogens (tertiary/aromatic N) is 2. The molecule has 0 atom stereocenters. The van der Waals surface area contributed by atoms with E-state index in [-0.39, 0.29) is 10.2 Å². The minimum atomic E-state index is -1.08. The van der Waals surface area contributed by atoms with E-state index in [2.05, 4.69) is 14.9 Å². The average Bonchev–Trinajstić information content (AvgIpc) is 2.34. The molecule has 0 amide bonds. The van der Waals surface area contributed by atoms with Gasteiger partial charge in [-0.1, -0.05) is 5.10 Å². The Morgan fingerprint density at radius 3 is 2.70 bits per heavy atom. The minimum absolute atomic E-state index is 0.0585. The molecule has 0 saturated heterocycles. The van der Waals surface area contributed by atoms with Crippen molar-refractivity contribution in [3.8, 4) is 5.19 Å². The SMILES string of the molecule is COc1nnc(C(=O)O)s1. The van der Waals surface area contributed by atoms with Crippen LogP contribution in [-0.4, -0.2) is 28.4 Å². The zero-order chi connectivity index (χ0) is 7.56. The Bertz CT molecular complexity index is 246. The van der Waals surface area contributed by atoms with Gasteiger partial charge < -0.3 is 9.84 Å². The Morgan fingerprint density at radius 2 is 2.40 bits per heavy atom. The molecule has 0 aliphatic rings. The number of ether oxygens (including phenoxy) is 1. The van der Waals surface area contributed by atoms with Crippen LogP contribution in [-0.2, 0) is 0 Å². The molecule has 0 spiro atoms. The fraction of sp³-hybridized carbons (Fsp3) is 0.250. The normalized spacial score (nSPS) is 9.30. The Balaban J connectivity index is 2.88. The maximum Gasteiger partial charge on any atom is 0.367 e. The van der Waals surface area contributed by atoms with Crippen molar-refractivity contribution in [1.29, 1.82) is 0 Å². The summed E-state index contributed by atoms with van der Waals surface area (Å²) in [6.45, 7) is 0. The first-order valence-electron chi connectivity index (χ1n) is 2.35. The number of rotatable bonds is 2. The second-order valence-corrected chi connectivity index (χ2v) is 2.32. The Kier molecular flexibility index (Phi) is 1.81. The topological polar surface area (TPSA) is 72.3 Å². The number of carboxylic acid groups (broad SMARTS) is 1. The lowest BCUT2D eigenvalue weighted by molar-refractivity contribution is 0.0695. The van der Waals surface area contributed by atoms with Gasteiger partial charge in [-0.3, -0.25) is 0 Å². The summed E-state index contributed by atoms with van der Waals surface area (Å²) >= 11 is 0.897. The lowest BCUT2D eigenvalue weighted by atomic mass is 10.7. The highest BCUT2D eigenvalue weighted by molar-refractivity contribution is 7.14. The van der Waals surface area contributed by atoms with Crippen LogP contribution in [0.15, 0.2) is 0 Å². The Labute approximate surface area is 60.3 Å². The standard InChI is InChI=1S/C4H4N2O3S/c1-9-4-6-5-2(10-4)3(7)8/h1H3,(H,7,8). The molecule has 0 radical (unpaired) electrons. The van der Waals surface area contributed by atoms with E-state index in [1.807, 2.05) is 0 Å². The van der Waals surface area contributed by atoms with Crippen LogP contribution >= 0.6 is 11.3 Å². The van der Waals surface area contributed by atoms with Gasteiger partial charge in [0.25, 0.3) is 5.19 Å². The van der Waals surface area contributed by atoms with Crippen molar-refractivity contribution >= 4 is 17.3 Å². The highest BCUT2D eigenvalue weighted by Crippen LogP contribution is 2.16. The predicted octanol–water partition coefficient (Wildman–Crippen LogP) is 0.245. The quantitative estimate of drug-likeness (QED) is 0.671. The molecule has 1 aromatic heterocycles. The lowest BCUT2D eigenvalue weighted by Crippen LogP contribution is -1.93. The first-order valence-corrected chi connectivity index (χ1v) is 3.16. The molecule has 0 bridgehead atoms. The van der Waals surface area contributed by atoms with E-state index in [1.54, 1.807) is 0 Å². The van der Waals surface area contributed by atoms with Crippen molar-refractivity contribution in [2.24, 2.45) is 0 Å². The molecule has 1 N–H and O–H groups in total. The van der Waals surface area contributed by atoms with Crippen molar-refractivity contribution in [1.82, 2.24) is 10.2 Å². The van der Waals surface area contributed by atoms with Crippen molar-refractivity contribution in [3.63, 3.8) is 0 Å². The van der Waals surface area contributed by atoms with Crippen molar-refractivity contribution in [3.05, 3.63) is 5.01 Å². The van der Waals surface area contributed by atoms with E-state index in [9.17, 15) is 4.79 Å². The summed E-state index contributed by atoms with van der Waals surface area (Å²) in [7, 11) is 1.41. The fourth-order valence-electron chi connectivity index (χ4n) is 0.379. The molecule has 0 saturated carbocycles. The number of aromatic nitrogens is 2. The number of aromatic carboxylic acids is 1. The van der Waals surface area contributed by atoms with Gasteiger partial charge in [0.15, 0.2) is 0 Å². The third-order valence-electron chi connectivity index (χ3n) is 0.764. The van der Waals surface area contributed by atoms with Gasteiger partial charge in [0, 0.05) is 0 Å². The monoisotopic (exact) mass is 160 g/mol. The first kappa shape index (κ1) is 6.94. The largest absolute Gasteiger partial charge is 0.476 e. The second-order valence-electron chi connectivity index (χ2n) is 1.38. The summed E-state index contributed by atoms with van der Waals surface area (Å²) in [5.41, 5.74) is 0. The van der Waals surface area contributed by atoms with E-state index in [1.165, 1.54) is 7.11 Å². The lowest BCUT2D eigenvalue weighted by Gasteiger charge is -1.83. The van der Waals surface area contributed by atoms with Crippen molar-refractivity contribution in [2.45, 2.75) is 0 Å². The maximum atomic E-state index is 10.2. The van der Waals surface area contributed by atoms with E-state index < -0.39 is 5.97 Å². The summed E-state index contributed by atoms with van der Waals surface area (Å²) in [6.07, 6.45) is 0. The number of methoxy groups -OCH3 is 1. The highest BCUT2D eigenvalue weighted by Gasteiger charge is 2.09. The van der Waals surface area contributed by atoms with E-state index in [0.717, 1.165) is 11.3 Å². The zero-order valence-electron chi connectivity index (χ0n) is 5.07. The van der Waals surface area contributed by atoms with Crippen molar-refractivity contribution < 1.29 is 14.6 Å². The van der Waals surface area contributed by atoms with Crippen molar-refractivity contribution in [2.75, 3.05) is 7.11 Å². The molecule has 0 aliphatic heterocycles. The molecule has 1 rings (SSSR count). The molecule has 1 heterocycles. The fourth-order valence-corrected chi connectivity index (χ4v) is 0.878. The predicted molar refractivity (Wildman–Crippen MR) is 33.4 cm³/mol. The van der Waals surface area contributed by atoms with Crippen LogP contribution in [0.3, 0.4) is 0 Å². The van der Waals surface area contributed by atoms with Gasteiger partial charge in [0.2, 0.25) is 5.01 Å². The second kappa shape index (κ2) is 2.61. The Morgan fingerprint density at radius 1 is 1.70 bits per heavy atom. The Hall–Kier alpha value is -1.17. The molecule has 5 nitrogen and oxygen atoms in total. The van der Waals surface area contributed by atoms with Crippen LogP contribution in [0.4, 0.5) is 0 Å². The molecule has 0 aromatic carbocycles. The van der Waals surface area contributed by atoms with Gasteiger partial charge in [0.05, 0.1) is 7.11 Å². The summed E-state index contributed by atoms with van der Waals surface area (Å²) in [5.74, 6) is -1.08. The van der Waals surface area contributed by atoms with Gasteiger partial charge >= 0.3 is 5.97 Å². The van der Waals surface area contributed by atoms with Crippen LogP contribution in [0, 0.1) is 0 Å². The molecule has 1 aromatic rings. The van der Waals surface area contributed by atoms with Gasteiger partial charge in [-0.25, -0.2) is 4.79 Å². The molecule has 0 fully saturated rings. The van der Waals surface area contributed by atoms with Crippen LogP contribution in [0.1, 0.15) is 9.80 Å². The van der Waals surface area contributed by atoms with E-state index >= 15 is 0 Å². The van der Waals surface area contributed by atoms with Crippen LogP contribution in [0.2, 0.25) is 0 Å². The van der Waals surface area contributed by atoms with Gasteiger partial charge in [-0.15, -0.1) is 5.10 Å². The van der Waals surface area contributed by atoms with Crippen LogP contribution in [0.5, 0.6) is 5.19 Å². The van der Waals surface area contributed by atoms with Crippen LogP contribution < -0.4 is 4.74 Å². The van der Waals surface area contributed by atoms with Gasteiger partial charge in [-0.2, -0.15) is 0 Å². The summed E-state index contributed by atoms with van der Waals surface area (Å²) in [5, 5.41) is 15.3. The minimum Gasteiger partial charge on any atom is -0.476 e. The number of carbonyl (C=O) groups is 1. The van der Waals surface area contributed by atoms with Crippen LogP contribution in [0.25, 0.3) is 0 Å². The zero-order valence-corrected chi connectivity index (χ0v) is 5.88. The van der Waals surface area contributed by atoms with E-state index in [4.69, 9.17) is 5.11 Å². The molecule has 0 unspecified atom stereocenters. The highest BCUT2D eigenvalue weighted by atomic mass is 32.1. The number of hydrogen-bond donors (Lipinski definition) is 1. The molecule has 6 heteroatoms. The molecule has 54 valence electrons. The third-order valence-corrected chi connectivity index (χ3v) is 1.64. The maximum absolute atomic E-state index is 10.2. The molecule has 10 heavy (non-hydrogen) atoms. The molecular formula is C4H4N2O3S. The van der Waals surface area contributed by atoms with Gasteiger partial charge in [-0.05, 0) is 11.3 Å². The summed E-state index contributed by atoms with van der Waals surface area (Å²) in [4.78, 5) is 10.2. The number of hydrogen-bond acceptors (Lipinski definition) is 5. The van der Waals surface area contributed by atoms with E-state index in [0.29, 0.717) is 0 Å². The molecular weight excluding hydrogens is 156 g/mol. The summed E-state index contributed by atoms with van der Waals surface area (Å²) in [6, 6.07) is 0. The third kappa shape index (κ3) is 1.21. The smallest absolute Gasteiger partial charge is 0.367 e. The summed E-state index contributed by atoms with van der Waals surface area (Å²) < 4.78 is 4.63.